The Morgan fingerprint density at radius 2 is 1.46 bits per heavy atom. The minimum absolute atomic E-state index is 0.181. The lowest BCUT2D eigenvalue weighted by Crippen LogP contribution is -2.23. The zero-order valence-corrected chi connectivity index (χ0v) is 16.9. The van der Waals surface area contributed by atoms with Crippen molar-refractivity contribution in [3.05, 3.63) is 83.2 Å². The number of carbonyl (C=O) groups is 1. The van der Waals surface area contributed by atoms with Crippen LogP contribution in [0, 0.1) is 13.8 Å². The summed E-state index contributed by atoms with van der Waals surface area (Å²) in [5.41, 5.74) is 4.67. The molecule has 0 bridgehead atoms. The predicted molar refractivity (Wildman–Crippen MR) is 109 cm³/mol. The highest BCUT2D eigenvalue weighted by Crippen LogP contribution is 2.17. The number of hydrogen-bond donors (Lipinski definition) is 2. The number of sulfonamides is 1. The van der Waals surface area contributed by atoms with E-state index in [0.717, 1.165) is 22.6 Å². The van der Waals surface area contributed by atoms with E-state index in [2.05, 4.69) is 26.7 Å². The Hall–Kier alpha value is -2.90. The summed E-state index contributed by atoms with van der Waals surface area (Å²) in [5, 5.41) is 2.85. The maximum Gasteiger partial charge on any atom is 0.251 e. The number of amides is 1. The standard InChI is InChI=1S/C21H23N3O3S/c1-15-4-5-16(2)24(15)19-10-8-18(9-11-19)21(25)23-14-17-6-12-20(13-7-17)28(26,27)22-3/h4-13,22H,14H2,1-3H3,(H,23,25). The van der Waals surface area contributed by atoms with Crippen molar-refractivity contribution in [1.82, 2.24) is 14.6 Å². The van der Waals surface area contributed by atoms with Gasteiger partial charge in [0.15, 0.2) is 0 Å². The molecular formula is C21H23N3O3S. The van der Waals surface area contributed by atoms with Gasteiger partial charge in [0, 0.05) is 29.2 Å². The quantitative estimate of drug-likeness (QED) is 0.671. The Labute approximate surface area is 165 Å². The Bertz CT molecular complexity index is 1060. The van der Waals surface area contributed by atoms with E-state index in [0.29, 0.717) is 12.1 Å². The highest BCUT2D eigenvalue weighted by Gasteiger charge is 2.11. The highest BCUT2D eigenvalue weighted by molar-refractivity contribution is 7.89. The van der Waals surface area contributed by atoms with Crippen molar-refractivity contribution in [2.24, 2.45) is 0 Å². The normalized spacial score (nSPS) is 11.4. The average molecular weight is 398 g/mol. The van der Waals surface area contributed by atoms with Crippen LogP contribution in [0.3, 0.4) is 0 Å². The molecule has 0 aliphatic rings. The van der Waals surface area contributed by atoms with Crippen molar-refractivity contribution in [2.75, 3.05) is 7.05 Å². The summed E-state index contributed by atoms with van der Waals surface area (Å²) in [4.78, 5) is 12.6. The fourth-order valence-electron chi connectivity index (χ4n) is 3.03. The molecule has 2 aromatic carbocycles. The Balaban J connectivity index is 1.65. The van der Waals surface area contributed by atoms with Crippen molar-refractivity contribution < 1.29 is 13.2 Å². The molecule has 3 aromatic rings. The van der Waals surface area contributed by atoms with Crippen molar-refractivity contribution in [2.45, 2.75) is 25.3 Å². The van der Waals surface area contributed by atoms with Gasteiger partial charge in [0.25, 0.3) is 5.91 Å². The van der Waals surface area contributed by atoms with Gasteiger partial charge >= 0.3 is 0 Å². The molecule has 0 aliphatic heterocycles. The lowest BCUT2D eigenvalue weighted by molar-refractivity contribution is 0.0951. The van der Waals surface area contributed by atoms with E-state index in [1.807, 2.05) is 26.0 Å². The van der Waals surface area contributed by atoms with Crippen LogP contribution in [0.5, 0.6) is 0 Å². The monoisotopic (exact) mass is 397 g/mol. The molecule has 1 aromatic heterocycles. The zero-order chi connectivity index (χ0) is 20.3. The van der Waals surface area contributed by atoms with Crippen molar-refractivity contribution in [3.8, 4) is 5.69 Å². The van der Waals surface area contributed by atoms with E-state index >= 15 is 0 Å². The van der Waals surface area contributed by atoms with Crippen LogP contribution in [0.25, 0.3) is 5.69 Å². The van der Waals surface area contributed by atoms with Gasteiger partial charge in [0.05, 0.1) is 4.90 Å². The number of rotatable bonds is 6. The van der Waals surface area contributed by atoms with E-state index < -0.39 is 10.0 Å². The van der Waals surface area contributed by atoms with Crippen LogP contribution in [0.4, 0.5) is 0 Å². The first-order valence-electron chi connectivity index (χ1n) is 8.88. The largest absolute Gasteiger partial charge is 0.348 e. The van der Waals surface area contributed by atoms with Crippen LogP contribution in [-0.2, 0) is 16.6 Å². The minimum Gasteiger partial charge on any atom is -0.348 e. The molecule has 6 nitrogen and oxygen atoms in total. The highest BCUT2D eigenvalue weighted by atomic mass is 32.2. The van der Waals surface area contributed by atoms with E-state index in [-0.39, 0.29) is 10.8 Å². The average Bonchev–Trinajstić information content (AvgIpc) is 3.04. The molecule has 146 valence electrons. The molecule has 1 amide bonds. The zero-order valence-electron chi connectivity index (χ0n) is 16.1. The summed E-state index contributed by atoms with van der Waals surface area (Å²) >= 11 is 0. The van der Waals surface area contributed by atoms with Crippen LogP contribution in [-0.4, -0.2) is 25.9 Å². The summed E-state index contributed by atoms with van der Waals surface area (Å²) in [7, 11) is -2.09. The van der Waals surface area contributed by atoms with E-state index in [9.17, 15) is 13.2 Å². The SMILES string of the molecule is CNS(=O)(=O)c1ccc(CNC(=O)c2ccc(-n3c(C)ccc3C)cc2)cc1. The molecule has 3 rings (SSSR count). The summed E-state index contributed by atoms with van der Waals surface area (Å²) in [6, 6.07) is 18.0. The maximum atomic E-state index is 12.4. The van der Waals surface area contributed by atoms with E-state index in [4.69, 9.17) is 0 Å². The van der Waals surface area contributed by atoms with Crippen LogP contribution in [0.2, 0.25) is 0 Å². The Kier molecular flexibility index (Phi) is 5.67. The summed E-state index contributed by atoms with van der Waals surface area (Å²) in [6.07, 6.45) is 0. The van der Waals surface area contributed by atoms with Gasteiger partial charge in [0.1, 0.15) is 0 Å². The number of nitrogens with one attached hydrogen (secondary N) is 2. The molecule has 1 heterocycles. The lowest BCUT2D eigenvalue weighted by atomic mass is 10.1. The van der Waals surface area contributed by atoms with E-state index in [1.165, 1.54) is 19.2 Å². The van der Waals surface area contributed by atoms with Gasteiger partial charge in [-0.05, 0) is 75.0 Å². The van der Waals surface area contributed by atoms with Crippen LogP contribution in [0.15, 0.2) is 65.6 Å². The number of benzene rings is 2. The second-order valence-electron chi connectivity index (χ2n) is 6.53. The third kappa shape index (κ3) is 4.16. The smallest absolute Gasteiger partial charge is 0.251 e. The fraction of sp³-hybridized carbons (Fsp3) is 0.190. The van der Waals surface area contributed by atoms with Crippen molar-refractivity contribution in [1.29, 1.82) is 0 Å². The van der Waals surface area contributed by atoms with Gasteiger partial charge in [-0.1, -0.05) is 12.1 Å². The molecule has 28 heavy (non-hydrogen) atoms. The summed E-state index contributed by atoms with van der Waals surface area (Å²) in [5.74, 6) is -0.181. The molecule has 0 aliphatic carbocycles. The molecule has 7 heteroatoms. The van der Waals surface area contributed by atoms with Crippen molar-refractivity contribution >= 4 is 15.9 Å². The summed E-state index contributed by atoms with van der Waals surface area (Å²) in [6.45, 7) is 4.40. The van der Waals surface area contributed by atoms with Crippen LogP contribution < -0.4 is 10.0 Å². The second-order valence-corrected chi connectivity index (χ2v) is 8.42. The molecule has 0 saturated heterocycles. The lowest BCUT2D eigenvalue weighted by Gasteiger charge is -2.11. The van der Waals surface area contributed by atoms with Gasteiger partial charge in [-0.2, -0.15) is 0 Å². The fourth-order valence-corrected chi connectivity index (χ4v) is 3.76. The summed E-state index contributed by atoms with van der Waals surface area (Å²) < 4.78 is 27.9. The molecule has 0 unspecified atom stereocenters. The Morgan fingerprint density at radius 3 is 2.00 bits per heavy atom. The van der Waals surface area contributed by atoms with E-state index in [1.54, 1.807) is 24.3 Å². The number of carbonyl (C=O) groups excluding carboxylic acids is 1. The third-order valence-electron chi connectivity index (χ3n) is 4.61. The van der Waals surface area contributed by atoms with Crippen LogP contribution in [0.1, 0.15) is 27.3 Å². The number of aromatic nitrogens is 1. The minimum atomic E-state index is -3.46. The maximum absolute atomic E-state index is 12.4. The molecular weight excluding hydrogens is 374 g/mol. The van der Waals surface area contributed by atoms with Gasteiger partial charge in [-0.25, -0.2) is 13.1 Å². The molecule has 0 atom stereocenters. The molecule has 0 saturated carbocycles. The number of nitrogens with zero attached hydrogens (tertiary/aromatic N) is 1. The van der Waals surface area contributed by atoms with Crippen LogP contribution >= 0.6 is 0 Å². The first kappa shape index (κ1) is 19.9. The van der Waals surface area contributed by atoms with Crippen molar-refractivity contribution in [3.63, 3.8) is 0 Å². The number of hydrogen-bond acceptors (Lipinski definition) is 3. The molecule has 0 radical (unpaired) electrons. The molecule has 2 N–H and O–H groups in total. The first-order chi connectivity index (χ1) is 13.3. The first-order valence-corrected chi connectivity index (χ1v) is 10.4. The number of aryl methyl sites for hydroxylation is 2. The van der Waals surface area contributed by atoms with Gasteiger partial charge in [0.2, 0.25) is 10.0 Å². The second kappa shape index (κ2) is 8.00. The molecule has 0 spiro atoms. The third-order valence-corrected chi connectivity index (χ3v) is 6.04. The Morgan fingerprint density at radius 1 is 0.893 bits per heavy atom. The topological polar surface area (TPSA) is 80.2 Å². The van der Waals surface area contributed by atoms with Gasteiger partial charge in [-0.15, -0.1) is 0 Å². The predicted octanol–water partition coefficient (Wildman–Crippen LogP) is 2.93. The molecule has 0 fully saturated rings. The van der Waals surface area contributed by atoms with Gasteiger partial charge in [-0.3, -0.25) is 4.79 Å². The van der Waals surface area contributed by atoms with Gasteiger partial charge < -0.3 is 9.88 Å².